The number of fused-ring (bicyclic) bond motifs is 1. The summed E-state index contributed by atoms with van der Waals surface area (Å²) in [7, 11) is 0. The SMILES string of the molecule is CCCCCOc1nc(N2CCN(CCCC)CC2)nc2ccccc12.O=C(O)C=CC(=O)O. The van der Waals surface area contributed by atoms with Gasteiger partial charge in [-0.05, 0) is 31.5 Å². The van der Waals surface area contributed by atoms with Crippen molar-refractivity contribution in [1.29, 1.82) is 0 Å². The van der Waals surface area contributed by atoms with Gasteiger partial charge in [0.25, 0.3) is 0 Å². The number of carbonyl (C=O) groups is 2. The van der Waals surface area contributed by atoms with E-state index in [0.29, 0.717) is 12.2 Å². The van der Waals surface area contributed by atoms with E-state index in [1.807, 2.05) is 12.1 Å². The largest absolute Gasteiger partial charge is 0.478 e. The number of anilines is 1. The van der Waals surface area contributed by atoms with E-state index in [1.54, 1.807) is 0 Å². The molecule has 1 aromatic heterocycles. The number of carboxylic acid groups (broad SMARTS) is 2. The number of hydrogen-bond donors (Lipinski definition) is 2. The van der Waals surface area contributed by atoms with Crippen LogP contribution in [0.25, 0.3) is 10.9 Å². The first-order valence-electron chi connectivity index (χ1n) is 11.9. The molecule has 2 aromatic rings. The van der Waals surface area contributed by atoms with Gasteiger partial charge in [-0.15, -0.1) is 0 Å². The van der Waals surface area contributed by atoms with Gasteiger partial charge in [0, 0.05) is 38.3 Å². The van der Waals surface area contributed by atoms with E-state index < -0.39 is 11.9 Å². The molecule has 0 saturated carbocycles. The van der Waals surface area contributed by atoms with Crippen molar-refractivity contribution in [3.63, 3.8) is 0 Å². The van der Waals surface area contributed by atoms with Crippen LogP contribution >= 0.6 is 0 Å². The second-order valence-electron chi connectivity index (χ2n) is 8.09. The van der Waals surface area contributed by atoms with Gasteiger partial charge in [0.1, 0.15) is 0 Å². The number of ether oxygens (including phenoxy) is 1. The van der Waals surface area contributed by atoms with Crippen LogP contribution in [0.4, 0.5) is 5.95 Å². The summed E-state index contributed by atoms with van der Waals surface area (Å²) in [4.78, 5) is 33.5. The fourth-order valence-corrected chi connectivity index (χ4v) is 3.50. The van der Waals surface area contributed by atoms with Crippen LogP contribution in [0.2, 0.25) is 0 Å². The van der Waals surface area contributed by atoms with Crippen LogP contribution in [-0.2, 0) is 9.59 Å². The monoisotopic (exact) mass is 472 g/mol. The standard InChI is InChI=1S/C21H32N4O.C4H4O4/c1-3-5-9-17-26-20-18-10-7-8-11-19(18)22-21(23-20)25-15-13-24(14-16-25)12-6-4-2;5-3(6)1-2-4(7)8/h7-8,10-11H,3-6,9,12-17H2,1-2H3;1-2H,(H,5,6)(H,7,8). The molecule has 186 valence electrons. The van der Waals surface area contributed by atoms with Crippen molar-refractivity contribution < 1.29 is 24.5 Å². The number of unbranched alkanes of at least 4 members (excludes halogenated alkanes) is 3. The molecule has 1 aromatic carbocycles. The highest BCUT2D eigenvalue weighted by Gasteiger charge is 2.20. The van der Waals surface area contributed by atoms with Gasteiger partial charge >= 0.3 is 11.9 Å². The van der Waals surface area contributed by atoms with Gasteiger partial charge in [0.15, 0.2) is 0 Å². The van der Waals surface area contributed by atoms with Crippen LogP contribution in [0.3, 0.4) is 0 Å². The summed E-state index contributed by atoms with van der Waals surface area (Å²) < 4.78 is 6.04. The lowest BCUT2D eigenvalue weighted by Crippen LogP contribution is -2.47. The Bertz CT molecular complexity index is 926. The van der Waals surface area contributed by atoms with Gasteiger partial charge < -0.3 is 19.8 Å². The number of benzene rings is 1. The molecule has 0 amide bonds. The molecule has 0 aliphatic carbocycles. The molecule has 0 unspecified atom stereocenters. The van der Waals surface area contributed by atoms with Gasteiger partial charge in [0.05, 0.1) is 17.5 Å². The molecular weight excluding hydrogens is 436 g/mol. The Labute approximate surface area is 201 Å². The minimum atomic E-state index is -1.26. The fourth-order valence-electron chi connectivity index (χ4n) is 3.50. The van der Waals surface area contributed by atoms with Crippen molar-refractivity contribution in [2.75, 3.05) is 44.2 Å². The molecule has 3 rings (SSSR count). The summed E-state index contributed by atoms with van der Waals surface area (Å²) in [5.41, 5.74) is 0.969. The van der Waals surface area contributed by atoms with Crippen molar-refractivity contribution in [2.45, 2.75) is 46.0 Å². The third-order valence-corrected chi connectivity index (χ3v) is 5.39. The predicted octanol–water partition coefficient (Wildman–Crippen LogP) is 3.83. The lowest BCUT2D eigenvalue weighted by atomic mass is 10.2. The average Bonchev–Trinajstić information content (AvgIpc) is 2.84. The Balaban J connectivity index is 0.000000440. The van der Waals surface area contributed by atoms with Crippen molar-refractivity contribution in [3.8, 4) is 5.88 Å². The van der Waals surface area contributed by atoms with Crippen LogP contribution in [0.15, 0.2) is 36.4 Å². The van der Waals surface area contributed by atoms with E-state index >= 15 is 0 Å². The molecule has 0 atom stereocenters. The van der Waals surface area contributed by atoms with Crippen LogP contribution in [0.1, 0.15) is 46.0 Å². The van der Waals surface area contributed by atoms with Crippen LogP contribution in [0.5, 0.6) is 5.88 Å². The number of rotatable bonds is 11. The normalized spacial score (nSPS) is 14.1. The van der Waals surface area contributed by atoms with Crippen molar-refractivity contribution in [2.24, 2.45) is 0 Å². The number of aliphatic carboxylic acids is 2. The quantitative estimate of drug-likeness (QED) is 0.372. The summed E-state index contributed by atoms with van der Waals surface area (Å²) in [5.74, 6) is -0.973. The van der Waals surface area contributed by atoms with E-state index in [1.165, 1.54) is 32.2 Å². The molecule has 9 heteroatoms. The van der Waals surface area contributed by atoms with Gasteiger partial charge in [0.2, 0.25) is 11.8 Å². The van der Waals surface area contributed by atoms with Crippen molar-refractivity contribution in [1.82, 2.24) is 14.9 Å². The highest BCUT2D eigenvalue weighted by Crippen LogP contribution is 2.26. The maximum absolute atomic E-state index is 9.55. The second-order valence-corrected chi connectivity index (χ2v) is 8.09. The zero-order chi connectivity index (χ0) is 24.8. The Morgan fingerprint density at radius 1 is 0.941 bits per heavy atom. The summed E-state index contributed by atoms with van der Waals surface area (Å²) in [6.07, 6.45) is 7.11. The molecule has 2 N–H and O–H groups in total. The first-order valence-corrected chi connectivity index (χ1v) is 11.9. The van der Waals surface area contributed by atoms with Gasteiger partial charge in [-0.25, -0.2) is 14.6 Å². The van der Waals surface area contributed by atoms with Gasteiger partial charge in [-0.3, -0.25) is 4.90 Å². The third kappa shape index (κ3) is 9.35. The molecule has 2 heterocycles. The van der Waals surface area contributed by atoms with E-state index in [2.05, 4.69) is 35.8 Å². The van der Waals surface area contributed by atoms with Crippen LogP contribution < -0.4 is 9.64 Å². The Morgan fingerprint density at radius 2 is 1.59 bits per heavy atom. The number of para-hydroxylation sites is 1. The first kappa shape index (κ1) is 27.0. The maximum atomic E-state index is 9.55. The highest BCUT2D eigenvalue weighted by molar-refractivity contribution is 5.89. The van der Waals surface area contributed by atoms with Crippen LogP contribution in [-0.4, -0.2) is 76.4 Å². The Kier molecular flexibility index (Phi) is 11.8. The van der Waals surface area contributed by atoms with Crippen LogP contribution in [0, 0.1) is 0 Å². The minimum Gasteiger partial charge on any atom is -0.478 e. The van der Waals surface area contributed by atoms with E-state index in [0.717, 1.165) is 61.9 Å². The molecule has 1 saturated heterocycles. The molecule has 1 aliphatic heterocycles. The maximum Gasteiger partial charge on any atom is 0.328 e. The number of aromatic nitrogens is 2. The molecule has 9 nitrogen and oxygen atoms in total. The first-order chi connectivity index (χ1) is 16.4. The third-order valence-electron chi connectivity index (χ3n) is 5.39. The summed E-state index contributed by atoms with van der Waals surface area (Å²) in [6.45, 7) is 10.5. The Morgan fingerprint density at radius 3 is 2.21 bits per heavy atom. The topological polar surface area (TPSA) is 116 Å². The lowest BCUT2D eigenvalue weighted by Gasteiger charge is -2.34. The number of piperazine rings is 1. The summed E-state index contributed by atoms with van der Waals surface area (Å²) in [5, 5.41) is 16.6. The molecule has 0 radical (unpaired) electrons. The summed E-state index contributed by atoms with van der Waals surface area (Å²) in [6, 6.07) is 8.16. The number of carboxylic acids is 2. The highest BCUT2D eigenvalue weighted by atomic mass is 16.5. The molecule has 1 aliphatic rings. The van der Waals surface area contributed by atoms with Crippen molar-refractivity contribution in [3.05, 3.63) is 36.4 Å². The average molecular weight is 473 g/mol. The zero-order valence-electron chi connectivity index (χ0n) is 20.2. The molecular formula is C25H36N4O5. The predicted molar refractivity (Wildman–Crippen MR) is 133 cm³/mol. The second kappa shape index (κ2) is 14.8. The van der Waals surface area contributed by atoms with Crippen molar-refractivity contribution >= 4 is 28.8 Å². The molecule has 1 fully saturated rings. The number of hydrogen-bond acceptors (Lipinski definition) is 7. The lowest BCUT2D eigenvalue weighted by molar-refractivity contribution is -0.134. The zero-order valence-corrected chi connectivity index (χ0v) is 20.2. The Hall–Kier alpha value is -3.20. The fraction of sp³-hybridized carbons (Fsp3) is 0.520. The van der Waals surface area contributed by atoms with E-state index in [9.17, 15) is 9.59 Å². The van der Waals surface area contributed by atoms with Gasteiger partial charge in [-0.1, -0.05) is 45.2 Å². The summed E-state index contributed by atoms with van der Waals surface area (Å²) >= 11 is 0. The smallest absolute Gasteiger partial charge is 0.328 e. The minimum absolute atomic E-state index is 0.558. The van der Waals surface area contributed by atoms with E-state index in [4.69, 9.17) is 24.9 Å². The molecule has 34 heavy (non-hydrogen) atoms. The number of nitrogens with zero attached hydrogens (tertiary/aromatic N) is 4. The van der Waals surface area contributed by atoms with Gasteiger partial charge in [-0.2, -0.15) is 4.98 Å². The molecule has 0 bridgehead atoms. The van der Waals surface area contributed by atoms with E-state index in [-0.39, 0.29) is 0 Å². The molecule has 0 spiro atoms.